The number of rotatable bonds is 6. The molecule has 1 atom stereocenters. The minimum absolute atomic E-state index is 0.160. The van der Waals surface area contributed by atoms with Crippen LogP contribution < -0.4 is 5.32 Å². The number of carboxylic acid groups (broad SMARTS) is 1. The Morgan fingerprint density at radius 1 is 0.939 bits per heavy atom. The van der Waals surface area contributed by atoms with E-state index in [9.17, 15) is 14.7 Å². The van der Waals surface area contributed by atoms with Crippen molar-refractivity contribution in [3.8, 4) is 11.3 Å². The van der Waals surface area contributed by atoms with Crippen LogP contribution in [0.5, 0.6) is 0 Å². The van der Waals surface area contributed by atoms with E-state index in [1.165, 1.54) is 11.8 Å². The second kappa shape index (κ2) is 9.38. The second-order valence-electron chi connectivity index (χ2n) is 7.64. The van der Waals surface area contributed by atoms with E-state index in [-0.39, 0.29) is 16.7 Å². The highest BCUT2D eigenvalue weighted by atomic mass is 32.2. The van der Waals surface area contributed by atoms with Gasteiger partial charge in [0.1, 0.15) is 0 Å². The molecule has 0 spiro atoms. The van der Waals surface area contributed by atoms with Gasteiger partial charge in [0.15, 0.2) is 5.16 Å². The van der Waals surface area contributed by atoms with E-state index in [1.807, 2.05) is 45.0 Å². The Morgan fingerprint density at radius 3 is 2.27 bits per heavy atom. The van der Waals surface area contributed by atoms with Gasteiger partial charge in [-0.05, 0) is 51.1 Å². The number of carbonyl (C=O) groups excluding carboxylic acids is 1. The van der Waals surface area contributed by atoms with Gasteiger partial charge in [-0.3, -0.25) is 4.79 Å². The molecule has 2 heterocycles. The van der Waals surface area contributed by atoms with Crippen LogP contribution in [0.4, 0.5) is 5.69 Å². The average Bonchev–Trinajstić information content (AvgIpc) is 2.78. The summed E-state index contributed by atoms with van der Waals surface area (Å²) in [5.41, 5.74) is 4.49. The number of carbonyl (C=O) groups is 2. The summed E-state index contributed by atoms with van der Waals surface area (Å²) in [4.78, 5) is 37.7. The molecule has 0 fully saturated rings. The summed E-state index contributed by atoms with van der Waals surface area (Å²) in [5.74, 6) is -1.16. The van der Waals surface area contributed by atoms with Crippen LogP contribution >= 0.6 is 11.8 Å². The third-order valence-corrected chi connectivity index (χ3v) is 5.97. The molecule has 2 aromatic heterocycles. The number of aryl methyl sites for hydroxylation is 2. The second-order valence-corrected chi connectivity index (χ2v) is 8.95. The van der Waals surface area contributed by atoms with Gasteiger partial charge in [0, 0.05) is 28.0 Å². The maximum Gasteiger partial charge on any atom is 0.336 e. The van der Waals surface area contributed by atoms with E-state index in [1.54, 1.807) is 36.4 Å². The van der Waals surface area contributed by atoms with Gasteiger partial charge in [-0.25, -0.2) is 19.7 Å². The molecule has 2 aromatic carbocycles. The molecule has 0 saturated heterocycles. The summed E-state index contributed by atoms with van der Waals surface area (Å²) in [5, 5.41) is 13.3. The molecule has 0 saturated carbocycles. The molecule has 0 radical (unpaired) electrons. The summed E-state index contributed by atoms with van der Waals surface area (Å²) >= 11 is 1.30. The Morgan fingerprint density at radius 2 is 1.61 bits per heavy atom. The number of para-hydroxylation sites is 1. The van der Waals surface area contributed by atoms with Crippen LogP contribution in [0.2, 0.25) is 0 Å². The number of fused-ring (bicyclic) bond motifs is 1. The van der Waals surface area contributed by atoms with E-state index >= 15 is 0 Å². The largest absolute Gasteiger partial charge is 0.478 e. The van der Waals surface area contributed by atoms with Gasteiger partial charge in [-0.15, -0.1) is 0 Å². The van der Waals surface area contributed by atoms with Gasteiger partial charge < -0.3 is 10.4 Å². The number of thioether (sulfide) groups is 1. The lowest BCUT2D eigenvalue weighted by molar-refractivity contribution is -0.115. The fourth-order valence-electron chi connectivity index (χ4n) is 3.43. The summed E-state index contributed by atoms with van der Waals surface area (Å²) in [7, 11) is 0. The first-order valence-corrected chi connectivity index (χ1v) is 11.2. The number of aromatic carboxylic acids is 1. The van der Waals surface area contributed by atoms with Crippen LogP contribution in [0.15, 0.2) is 65.8 Å². The lowest BCUT2D eigenvalue weighted by Gasteiger charge is -2.12. The smallest absolute Gasteiger partial charge is 0.336 e. The number of hydrogen-bond donors (Lipinski definition) is 2. The SMILES string of the molecule is Cc1cc(C)nc(SC(C)C(=O)Nc2ccc(-c3cc(C(=O)O)c4ccccc4n3)cc2)n1. The first-order valence-electron chi connectivity index (χ1n) is 10.3. The first kappa shape index (κ1) is 22.4. The molecule has 1 amide bonds. The number of hydrogen-bond acceptors (Lipinski definition) is 6. The maximum atomic E-state index is 12.6. The van der Waals surface area contributed by atoms with Crippen molar-refractivity contribution in [2.75, 3.05) is 5.32 Å². The predicted octanol–water partition coefficient (Wildman–Crippen LogP) is 5.13. The minimum Gasteiger partial charge on any atom is -0.478 e. The highest BCUT2D eigenvalue weighted by molar-refractivity contribution is 8.00. The van der Waals surface area contributed by atoms with Gasteiger partial charge in [0.05, 0.1) is 22.0 Å². The molecular weight excluding hydrogens is 436 g/mol. The Labute approximate surface area is 195 Å². The highest BCUT2D eigenvalue weighted by Gasteiger charge is 2.17. The minimum atomic E-state index is -1.00. The molecule has 33 heavy (non-hydrogen) atoms. The number of carboxylic acids is 1. The number of anilines is 1. The molecule has 4 rings (SSSR count). The molecule has 1 unspecified atom stereocenters. The molecule has 8 heteroatoms. The van der Waals surface area contributed by atoms with Crippen molar-refractivity contribution in [2.24, 2.45) is 0 Å². The zero-order valence-corrected chi connectivity index (χ0v) is 19.2. The average molecular weight is 459 g/mol. The van der Waals surface area contributed by atoms with Gasteiger partial charge in [0.2, 0.25) is 5.91 Å². The number of pyridine rings is 1. The van der Waals surface area contributed by atoms with Crippen LogP contribution in [0.25, 0.3) is 22.2 Å². The molecule has 0 aliphatic heterocycles. The summed E-state index contributed by atoms with van der Waals surface area (Å²) in [6.45, 7) is 5.60. The number of benzene rings is 2. The van der Waals surface area contributed by atoms with Gasteiger partial charge in [-0.2, -0.15) is 0 Å². The molecule has 7 nitrogen and oxygen atoms in total. The molecular formula is C25H22N4O3S. The molecule has 0 bridgehead atoms. The molecule has 0 aliphatic carbocycles. The van der Waals surface area contributed by atoms with E-state index in [4.69, 9.17) is 0 Å². The van der Waals surface area contributed by atoms with Gasteiger partial charge in [0.25, 0.3) is 0 Å². The van der Waals surface area contributed by atoms with Crippen molar-refractivity contribution in [1.82, 2.24) is 15.0 Å². The topological polar surface area (TPSA) is 105 Å². The quantitative estimate of drug-likeness (QED) is 0.305. The summed E-state index contributed by atoms with van der Waals surface area (Å²) in [6.07, 6.45) is 0. The molecule has 166 valence electrons. The van der Waals surface area contributed by atoms with E-state index in [2.05, 4.69) is 20.3 Å². The zero-order chi connectivity index (χ0) is 23.5. The van der Waals surface area contributed by atoms with Crippen molar-refractivity contribution in [1.29, 1.82) is 0 Å². The van der Waals surface area contributed by atoms with E-state index in [0.717, 1.165) is 17.0 Å². The molecule has 2 N–H and O–H groups in total. The van der Waals surface area contributed by atoms with Crippen LogP contribution in [0.1, 0.15) is 28.7 Å². The molecule has 4 aromatic rings. The Balaban J connectivity index is 1.50. The Kier molecular flexibility index (Phi) is 6.37. The fraction of sp³-hybridized carbons (Fsp3) is 0.160. The number of nitrogens with one attached hydrogen (secondary N) is 1. The third kappa shape index (κ3) is 5.18. The predicted molar refractivity (Wildman–Crippen MR) is 130 cm³/mol. The third-order valence-electron chi connectivity index (χ3n) is 5.01. The van der Waals surface area contributed by atoms with Crippen LogP contribution in [0, 0.1) is 13.8 Å². The van der Waals surface area contributed by atoms with Crippen molar-refractivity contribution in [2.45, 2.75) is 31.2 Å². The van der Waals surface area contributed by atoms with E-state index < -0.39 is 5.97 Å². The van der Waals surface area contributed by atoms with Crippen molar-refractivity contribution in [3.05, 3.63) is 77.6 Å². The van der Waals surface area contributed by atoms with Crippen molar-refractivity contribution < 1.29 is 14.7 Å². The number of nitrogens with zero attached hydrogens (tertiary/aromatic N) is 3. The first-order chi connectivity index (χ1) is 15.8. The zero-order valence-electron chi connectivity index (χ0n) is 18.4. The van der Waals surface area contributed by atoms with Crippen LogP contribution in [0.3, 0.4) is 0 Å². The Hall–Kier alpha value is -3.78. The maximum absolute atomic E-state index is 12.6. The van der Waals surface area contributed by atoms with Gasteiger partial charge in [-0.1, -0.05) is 42.1 Å². The van der Waals surface area contributed by atoms with Crippen LogP contribution in [-0.4, -0.2) is 37.2 Å². The lowest BCUT2D eigenvalue weighted by atomic mass is 10.0. The van der Waals surface area contributed by atoms with Gasteiger partial charge >= 0.3 is 5.97 Å². The van der Waals surface area contributed by atoms with Crippen molar-refractivity contribution >= 4 is 40.2 Å². The van der Waals surface area contributed by atoms with Crippen LogP contribution in [-0.2, 0) is 4.79 Å². The summed E-state index contributed by atoms with van der Waals surface area (Å²) < 4.78 is 0. The standard InChI is InChI=1S/C25H22N4O3S/c1-14-12-15(2)27-25(26-14)33-16(3)23(30)28-18-10-8-17(9-11-18)22-13-20(24(31)32)19-6-4-5-7-21(19)29-22/h4-13,16H,1-3H3,(H,28,30)(H,31,32). The highest BCUT2D eigenvalue weighted by Crippen LogP contribution is 2.27. The number of aromatic nitrogens is 3. The normalized spacial score (nSPS) is 11.8. The Bertz CT molecular complexity index is 1340. The summed E-state index contributed by atoms with van der Waals surface area (Å²) in [6, 6.07) is 17.8. The number of amides is 1. The molecule has 0 aliphatic rings. The fourth-order valence-corrected chi connectivity index (χ4v) is 4.30. The monoisotopic (exact) mass is 458 g/mol. The van der Waals surface area contributed by atoms with E-state index in [0.29, 0.717) is 27.4 Å². The van der Waals surface area contributed by atoms with Crippen molar-refractivity contribution in [3.63, 3.8) is 0 Å². The lowest BCUT2D eigenvalue weighted by Crippen LogP contribution is -2.22.